The van der Waals surface area contributed by atoms with Crippen molar-refractivity contribution in [3.05, 3.63) is 52.6 Å². The lowest BCUT2D eigenvalue weighted by Gasteiger charge is -2.11. The van der Waals surface area contributed by atoms with Gasteiger partial charge in [-0.2, -0.15) is 0 Å². The van der Waals surface area contributed by atoms with Crippen molar-refractivity contribution in [1.82, 2.24) is 10.3 Å². The van der Waals surface area contributed by atoms with Gasteiger partial charge < -0.3 is 5.32 Å². The highest BCUT2D eigenvalue weighted by molar-refractivity contribution is 9.10. The van der Waals surface area contributed by atoms with Crippen LogP contribution < -0.4 is 5.32 Å². The fraction of sp³-hybridized carbons (Fsp3) is 0.267. The normalized spacial score (nSPS) is 10.9. The highest BCUT2D eigenvalue weighted by atomic mass is 79.9. The van der Waals surface area contributed by atoms with Gasteiger partial charge >= 0.3 is 0 Å². The number of aromatic nitrogens is 1. The van der Waals surface area contributed by atoms with Crippen LogP contribution in [0.5, 0.6) is 0 Å². The molecule has 2 aromatic rings. The smallest absolute Gasteiger partial charge is 0.105 e. The lowest BCUT2D eigenvalue weighted by Crippen LogP contribution is -2.22. The molecule has 0 aliphatic carbocycles. The van der Waals surface area contributed by atoms with Crippen LogP contribution in [-0.2, 0) is 6.54 Å². The van der Waals surface area contributed by atoms with Crippen molar-refractivity contribution in [2.24, 2.45) is 0 Å². The summed E-state index contributed by atoms with van der Waals surface area (Å²) in [5.74, 6) is 0. The average Bonchev–Trinajstić information content (AvgIpc) is 2.40. The Bertz CT molecular complexity index is 543. The molecule has 19 heavy (non-hydrogen) atoms. The van der Waals surface area contributed by atoms with Gasteiger partial charge in [0.05, 0.1) is 0 Å². The van der Waals surface area contributed by atoms with Crippen molar-refractivity contribution < 1.29 is 0 Å². The minimum absolute atomic E-state index is 0.474. The minimum atomic E-state index is 0.474. The van der Waals surface area contributed by atoms with E-state index in [9.17, 15) is 0 Å². The SMILES string of the molecule is CC(C)NCc1cccnc1Sc1ccccc1Br. The molecule has 2 rings (SSSR count). The van der Waals surface area contributed by atoms with E-state index in [0.29, 0.717) is 6.04 Å². The standard InChI is InChI=1S/C15H17BrN2S/c1-11(2)18-10-12-6-5-9-17-15(12)19-14-8-4-3-7-13(14)16/h3-9,11,18H,10H2,1-2H3. The van der Waals surface area contributed by atoms with E-state index in [1.807, 2.05) is 24.4 Å². The van der Waals surface area contributed by atoms with Gasteiger partial charge in [0, 0.05) is 28.2 Å². The predicted molar refractivity (Wildman–Crippen MR) is 84.5 cm³/mol. The molecular weight excluding hydrogens is 320 g/mol. The summed E-state index contributed by atoms with van der Waals surface area (Å²) in [4.78, 5) is 5.68. The Kier molecular flexibility index (Phi) is 5.43. The zero-order chi connectivity index (χ0) is 13.7. The molecule has 1 heterocycles. The second-order valence-electron chi connectivity index (χ2n) is 4.54. The lowest BCUT2D eigenvalue weighted by molar-refractivity contribution is 0.582. The maximum Gasteiger partial charge on any atom is 0.105 e. The number of hydrogen-bond acceptors (Lipinski definition) is 3. The molecule has 0 aliphatic heterocycles. The molecular formula is C15H17BrN2S. The zero-order valence-electron chi connectivity index (χ0n) is 11.1. The summed E-state index contributed by atoms with van der Waals surface area (Å²) in [6.45, 7) is 5.15. The summed E-state index contributed by atoms with van der Waals surface area (Å²) in [6, 6.07) is 12.8. The molecule has 2 nitrogen and oxygen atoms in total. The Hall–Kier alpha value is -0.840. The molecule has 0 radical (unpaired) electrons. The van der Waals surface area contributed by atoms with Crippen LogP contribution in [0.25, 0.3) is 0 Å². The maximum absolute atomic E-state index is 4.50. The van der Waals surface area contributed by atoms with Crippen molar-refractivity contribution in [3.8, 4) is 0 Å². The van der Waals surface area contributed by atoms with Crippen LogP contribution in [0.3, 0.4) is 0 Å². The molecule has 100 valence electrons. The largest absolute Gasteiger partial charge is 0.310 e. The van der Waals surface area contributed by atoms with Crippen LogP contribution in [-0.4, -0.2) is 11.0 Å². The third kappa shape index (κ3) is 4.34. The van der Waals surface area contributed by atoms with Crippen molar-refractivity contribution >= 4 is 27.7 Å². The molecule has 0 atom stereocenters. The molecule has 0 aliphatic rings. The fourth-order valence-corrected chi connectivity index (χ4v) is 3.03. The Morgan fingerprint density at radius 3 is 2.74 bits per heavy atom. The quantitative estimate of drug-likeness (QED) is 0.870. The number of hydrogen-bond donors (Lipinski definition) is 1. The van der Waals surface area contributed by atoms with Crippen molar-refractivity contribution in [3.63, 3.8) is 0 Å². The van der Waals surface area contributed by atoms with E-state index < -0.39 is 0 Å². The number of nitrogens with one attached hydrogen (secondary N) is 1. The molecule has 0 spiro atoms. The fourth-order valence-electron chi connectivity index (χ4n) is 1.60. The monoisotopic (exact) mass is 336 g/mol. The zero-order valence-corrected chi connectivity index (χ0v) is 13.5. The van der Waals surface area contributed by atoms with E-state index in [4.69, 9.17) is 0 Å². The Balaban J connectivity index is 2.18. The summed E-state index contributed by atoms with van der Waals surface area (Å²) >= 11 is 5.27. The van der Waals surface area contributed by atoms with Crippen LogP contribution >= 0.6 is 27.7 Å². The Morgan fingerprint density at radius 2 is 2.00 bits per heavy atom. The highest BCUT2D eigenvalue weighted by Crippen LogP contribution is 2.33. The van der Waals surface area contributed by atoms with E-state index in [2.05, 4.69) is 58.3 Å². The van der Waals surface area contributed by atoms with Crippen molar-refractivity contribution in [2.75, 3.05) is 0 Å². The van der Waals surface area contributed by atoms with Gasteiger partial charge in [-0.15, -0.1) is 0 Å². The first-order valence-electron chi connectivity index (χ1n) is 6.26. The molecule has 0 unspecified atom stereocenters. The van der Waals surface area contributed by atoms with Gasteiger partial charge in [0.2, 0.25) is 0 Å². The molecule has 0 fully saturated rings. The maximum atomic E-state index is 4.50. The number of rotatable bonds is 5. The van der Waals surface area contributed by atoms with Crippen LogP contribution in [0, 0.1) is 0 Å². The number of nitrogens with zero attached hydrogens (tertiary/aromatic N) is 1. The third-order valence-corrected chi connectivity index (χ3v) is 4.68. The van der Waals surface area contributed by atoms with E-state index in [-0.39, 0.29) is 0 Å². The van der Waals surface area contributed by atoms with E-state index in [0.717, 1.165) is 16.0 Å². The molecule has 4 heteroatoms. The average molecular weight is 337 g/mol. The molecule has 1 N–H and O–H groups in total. The first-order chi connectivity index (χ1) is 9.16. The van der Waals surface area contributed by atoms with Gasteiger partial charge in [0.15, 0.2) is 0 Å². The number of halogens is 1. The topological polar surface area (TPSA) is 24.9 Å². The van der Waals surface area contributed by atoms with Gasteiger partial charge in [0.25, 0.3) is 0 Å². The van der Waals surface area contributed by atoms with Gasteiger partial charge in [-0.05, 0) is 39.7 Å². The molecule has 1 aromatic heterocycles. The van der Waals surface area contributed by atoms with E-state index >= 15 is 0 Å². The van der Waals surface area contributed by atoms with Crippen LogP contribution in [0.4, 0.5) is 0 Å². The van der Waals surface area contributed by atoms with Gasteiger partial charge in [-0.25, -0.2) is 4.98 Å². The summed E-state index contributed by atoms with van der Waals surface area (Å²) in [6.07, 6.45) is 1.85. The van der Waals surface area contributed by atoms with Crippen LogP contribution in [0.2, 0.25) is 0 Å². The molecule has 0 saturated heterocycles. The van der Waals surface area contributed by atoms with E-state index in [1.54, 1.807) is 11.8 Å². The molecule has 0 bridgehead atoms. The van der Waals surface area contributed by atoms with Crippen molar-refractivity contribution in [2.45, 2.75) is 36.4 Å². The second kappa shape index (κ2) is 7.08. The second-order valence-corrected chi connectivity index (χ2v) is 6.42. The molecule has 1 aromatic carbocycles. The van der Waals surface area contributed by atoms with Crippen LogP contribution in [0.15, 0.2) is 57.0 Å². The minimum Gasteiger partial charge on any atom is -0.310 e. The number of benzene rings is 1. The van der Waals surface area contributed by atoms with Gasteiger partial charge in [-0.3, -0.25) is 0 Å². The van der Waals surface area contributed by atoms with Gasteiger partial charge in [-0.1, -0.05) is 43.8 Å². The lowest BCUT2D eigenvalue weighted by atomic mass is 10.2. The summed E-state index contributed by atoms with van der Waals surface area (Å²) in [7, 11) is 0. The van der Waals surface area contributed by atoms with E-state index in [1.165, 1.54) is 10.5 Å². The number of pyridine rings is 1. The molecule has 0 amide bonds. The first-order valence-corrected chi connectivity index (χ1v) is 7.87. The third-order valence-electron chi connectivity index (χ3n) is 2.59. The summed E-state index contributed by atoms with van der Waals surface area (Å²) in [5, 5.41) is 4.50. The Morgan fingerprint density at radius 1 is 1.21 bits per heavy atom. The summed E-state index contributed by atoms with van der Waals surface area (Å²) in [5.41, 5.74) is 1.23. The molecule has 0 saturated carbocycles. The Labute approximate surface area is 127 Å². The highest BCUT2D eigenvalue weighted by Gasteiger charge is 2.08. The van der Waals surface area contributed by atoms with Crippen LogP contribution in [0.1, 0.15) is 19.4 Å². The van der Waals surface area contributed by atoms with Crippen molar-refractivity contribution in [1.29, 1.82) is 0 Å². The summed E-state index contributed by atoms with van der Waals surface area (Å²) < 4.78 is 1.11. The predicted octanol–water partition coefficient (Wildman–Crippen LogP) is 4.49. The first kappa shape index (κ1) is 14.6. The van der Waals surface area contributed by atoms with Gasteiger partial charge in [0.1, 0.15) is 5.03 Å².